The third kappa shape index (κ3) is 1.35. The molecule has 0 radical (unpaired) electrons. The molecule has 4 nitrogen and oxygen atoms in total. The highest BCUT2D eigenvalue weighted by Gasteiger charge is 2.52. The second-order valence-corrected chi connectivity index (χ2v) is 5.50. The van der Waals surface area contributed by atoms with E-state index in [1.54, 1.807) is 18.2 Å². The van der Waals surface area contributed by atoms with E-state index in [0.29, 0.717) is 0 Å². The van der Waals surface area contributed by atoms with Gasteiger partial charge in [-0.3, -0.25) is 4.79 Å². The molecule has 1 aromatic carbocycles. The highest BCUT2D eigenvalue weighted by Crippen LogP contribution is 2.48. The molecule has 0 aromatic heterocycles. The highest BCUT2D eigenvalue weighted by molar-refractivity contribution is 6.07. The van der Waals surface area contributed by atoms with Crippen LogP contribution in [0.25, 0.3) is 0 Å². The van der Waals surface area contributed by atoms with Crippen LogP contribution in [-0.4, -0.2) is 22.6 Å². The number of nitrogens with one attached hydrogen (secondary N) is 1. The van der Waals surface area contributed by atoms with Gasteiger partial charge in [-0.1, -0.05) is 0 Å². The molecule has 4 heteroatoms. The van der Waals surface area contributed by atoms with E-state index in [9.17, 15) is 9.90 Å². The molecule has 1 aromatic rings. The number of hydrogen-bond donors (Lipinski definition) is 2. The molecule has 1 saturated carbocycles. The van der Waals surface area contributed by atoms with Gasteiger partial charge in [-0.2, -0.15) is 0 Å². The van der Waals surface area contributed by atoms with Crippen molar-refractivity contribution < 1.29 is 9.90 Å². The monoisotopic (exact) mass is 246 g/mol. The van der Waals surface area contributed by atoms with Crippen molar-refractivity contribution in [3.8, 4) is 5.75 Å². The maximum Gasteiger partial charge on any atom is 0.250 e. The Morgan fingerprint density at radius 2 is 2.11 bits per heavy atom. The van der Waals surface area contributed by atoms with Gasteiger partial charge in [0.15, 0.2) is 0 Å². The number of carbonyl (C=O) groups excluding carboxylic acids is 1. The molecule has 0 atom stereocenters. The molecule has 0 bridgehead atoms. The lowest BCUT2D eigenvalue weighted by Gasteiger charge is -2.54. The van der Waals surface area contributed by atoms with Crippen molar-refractivity contribution in [1.82, 2.24) is 0 Å². The van der Waals surface area contributed by atoms with E-state index < -0.39 is 5.54 Å². The Morgan fingerprint density at radius 3 is 2.67 bits per heavy atom. The maximum atomic E-state index is 12.3. The largest absolute Gasteiger partial charge is 0.508 e. The fraction of sp³-hybridized carbons (Fsp3) is 0.500. The van der Waals surface area contributed by atoms with Gasteiger partial charge in [-0.15, -0.1) is 0 Å². The molecule has 18 heavy (non-hydrogen) atoms. The highest BCUT2D eigenvalue weighted by atomic mass is 16.3. The van der Waals surface area contributed by atoms with Crippen LogP contribution in [0.4, 0.5) is 11.4 Å². The Labute approximate surface area is 107 Å². The fourth-order valence-corrected chi connectivity index (χ4v) is 3.16. The molecule has 2 N–H and O–H groups in total. The number of amides is 1. The molecular weight excluding hydrogens is 228 g/mol. The Bertz CT molecular complexity index is 507. The van der Waals surface area contributed by atoms with E-state index >= 15 is 0 Å². The van der Waals surface area contributed by atoms with Crippen LogP contribution >= 0.6 is 0 Å². The third-order valence-electron chi connectivity index (χ3n) is 4.07. The average molecular weight is 246 g/mol. The molecule has 0 unspecified atom stereocenters. The summed E-state index contributed by atoms with van der Waals surface area (Å²) < 4.78 is 0. The van der Waals surface area contributed by atoms with Crippen LogP contribution < -0.4 is 10.2 Å². The topological polar surface area (TPSA) is 52.6 Å². The van der Waals surface area contributed by atoms with Crippen molar-refractivity contribution in [2.75, 3.05) is 10.2 Å². The van der Waals surface area contributed by atoms with Crippen molar-refractivity contribution >= 4 is 17.3 Å². The fourth-order valence-electron chi connectivity index (χ4n) is 3.16. The molecule has 96 valence electrons. The van der Waals surface area contributed by atoms with Crippen molar-refractivity contribution in [2.45, 2.75) is 44.7 Å². The number of hydrogen-bond acceptors (Lipinski definition) is 3. The van der Waals surface area contributed by atoms with Gasteiger partial charge in [-0.05, 0) is 45.2 Å². The number of phenolic OH excluding ortho intramolecular Hbond substituents is 1. The van der Waals surface area contributed by atoms with Crippen LogP contribution in [-0.2, 0) is 4.79 Å². The van der Waals surface area contributed by atoms with E-state index in [1.165, 1.54) is 0 Å². The summed E-state index contributed by atoms with van der Waals surface area (Å²) in [6, 6.07) is 5.35. The number of carbonyl (C=O) groups is 1. The van der Waals surface area contributed by atoms with Crippen LogP contribution in [0, 0.1) is 0 Å². The first-order chi connectivity index (χ1) is 8.54. The number of rotatable bonds is 1. The van der Waals surface area contributed by atoms with Crippen molar-refractivity contribution in [3.05, 3.63) is 18.2 Å². The first-order valence-electron chi connectivity index (χ1n) is 6.48. The van der Waals surface area contributed by atoms with Gasteiger partial charge in [-0.25, -0.2) is 0 Å². The quantitative estimate of drug-likeness (QED) is 0.748. The maximum absolute atomic E-state index is 12.3. The minimum absolute atomic E-state index is 0.0978. The summed E-state index contributed by atoms with van der Waals surface area (Å²) >= 11 is 0. The predicted molar refractivity (Wildman–Crippen MR) is 70.9 cm³/mol. The van der Waals surface area contributed by atoms with Gasteiger partial charge in [0.1, 0.15) is 11.3 Å². The predicted octanol–water partition coefficient (Wildman–Crippen LogP) is 2.48. The van der Waals surface area contributed by atoms with E-state index in [2.05, 4.69) is 24.1 Å². The van der Waals surface area contributed by atoms with Crippen LogP contribution in [0.15, 0.2) is 18.2 Å². The van der Waals surface area contributed by atoms with Crippen LogP contribution in [0.1, 0.15) is 33.1 Å². The summed E-state index contributed by atoms with van der Waals surface area (Å²) in [6.07, 6.45) is 2.88. The molecule has 2 aliphatic rings. The van der Waals surface area contributed by atoms with Crippen molar-refractivity contribution in [1.29, 1.82) is 0 Å². The molecule has 1 heterocycles. The standard InChI is InChI=1S/C14H18N2O2/c1-9(2)16-12-8-10(17)4-5-11(12)15-13(18)14(16)6-3-7-14/h4-5,8-9,17H,3,6-7H2,1-2H3,(H,15,18). The molecular formula is C14H18N2O2. The van der Waals surface area contributed by atoms with Crippen LogP contribution in [0.3, 0.4) is 0 Å². The number of anilines is 2. The molecule has 0 saturated heterocycles. The molecule has 1 spiro atoms. The Balaban J connectivity index is 2.16. The van der Waals surface area contributed by atoms with E-state index in [1.807, 2.05) is 0 Å². The van der Waals surface area contributed by atoms with E-state index in [0.717, 1.165) is 30.6 Å². The average Bonchev–Trinajstić information content (AvgIpc) is 2.25. The molecule has 1 aliphatic heterocycles. The molecule has 1 amide bonds. The SMILES string of the molecule is CC(C)N1c2cc(O)ccc2NC(=O)C12CCC2. The smallest absolute Gasteiger partial charge is 0.250 e. The number of phenols is 1. The summed E-state index contributed by atoms with van der Waals surface area (Å²) in [5, 5.41) is 12.6. The Kier molecular flexibility index (Phi) is 2.30. The Morgan fingerprint density at radius 1 is 1.39 bits per heavy atom. The third-order valence-corrected chi connectivity index (χ3v) is 4.07. The van der Waals surface area contributed by atoms with E-state index in [-0.39, 0.29) is 17.7 Å². The Hall–Kier alpha value is -1.71. The zero-order chi connectivity index (χ0) is 12.9. The van der Waals surface area contributed by atoms with Gasteiger partial charge >= 0.3 is 0 Å². The molecule has 3 rings (SSSR count). The van der Waals surface area contributed by atoms with Gasteiger partial charge in [0, 0.05) is 12.1 Å². The summed E-state index contributed by atoms with van der Waals surface area (Å²) in [7, 11) is 0. The van der Waals surface area contributed by atoms with Crippen molar-refractivity contribution in [3.63, 3.8) is 0 Å². The van der Waals surface area contributed by atoms with Crippen molar-refractivity contribution in [2.24, 2.45) is 0 Å². The number of nitrogens with zero attached hydrogens (tertiary/aromatic N) is 1. The lowest BCUT2D eigenvalue weighted by Crippen LogP contribution is -2.65. The van der Waals surface area contributed by atoms with Crippen LogP contribution in [0.5, 0.6) is 5.75 Å². The lowest BCUT2D eigenvalue weighted by molar-refractivity contribution is -0.124. The van der Waals surface area contributed by atoms with Gasteiger partial charge in [0.25, 0.3) is 0 Å². The van der Waals surface area contributed by atoms with Crippen LogP contribution in [0.2, 0.25) is 0 Å². The van der Waals surface area contributed by atoms with Gasteiger partial charge in [0.05, 0.1) is 11.4 Å². The number of fused-ring (bicyclic) bond motifs is 1. The minimum atomic E-state index is -0.394. The summed E-state index contributed by atoms with van der Waals surface area (Å²) in [5.74, 6) is 0.339. The van der Waals surface area contributed by atoms with Gasteiger partial charge < -0.3 is 15.3 Å². The second-order valence-electron chi connectivity index (χ2n) is 5.50. The zero-order valence-corrected chi connectivity index (χ0v) is 10.7. The summed E-state index contributed by atoms with van der Waals surface area (Å²) in [4.78, 5) is 14.5. The number of benzene rings is 1. The number of aromatic hydroxyl groups is 1. The summed E-state index contributed by atoms with van der Waals surface area (Å²) in [6.45, 7) is 4.18. The zero-order valence-electron chi connectivity index (χ0n) is 10.7. The normalized spacial score (nSPS) is 20.6. The minimum Gasteiger partial charge on any atom is -0.508 e. The molecule has 1 fully saturated rings. The second kappa shape index (κ2) is 3.64. The lowest BCUT2D eigenvalue weighted by atomic mass is 9.72. The molecule has 1 aliphatic carbocycles. The van der Waals surface area contributed by atoms with E-state index in [4.69, 9.17) is 0 Å². The summed E-state index contributed by atoms with van der Waals surface area (Å²) in [5.41, 5.74) is 1.34. The first-order valence-corrected chi connectivity index (χ1v) is 6.48. The first kappa shape index (κ1) is 11.4. The van der Waals surface area contributed by atoms with Gasteiger partial charge in [0.2, 0.25) is 5.91 Å².